The second-order valence-electron chi connectivity index (χ2n) is 7.03. The maximum atomic E-state index is 12.6. The molecule has 0 aliphatic heterocycles. The third-order valence-electron chi connectivity index (χ3n) is 4.89. The monoisotopic (exact) mass is 387 g/mol. The summed E-state index contributed by atoms with van der Waals surface area (Å²) < 4.78 is 1.83. The number of anilines is 1. The van der Waals surface area contributed by atoms with Gasteiger partial charge >= 0.3 is 0 Å². The zero-order valence-corrected chi connectivity index (χ0v) is 15.4. The number of nitrogens with one attached hydrogen (secondary N) is 2. The first-order valence-corrected chi connectivity index (χ1v) is 9.33. The summed E-state index contributed by atoms with van der Waals surface area (Å²) in [6.07, 6.45) is 2.20. The summed E-state index contributed by atoms with van der Waals surface area (Å²) in [5, 5.41) is 22.6. The highest BCUT2D eigenvalue weighted by molar-refractivity contribution is 5.95. The van der Waals surface area contributed by atoms with E-state index in [1.54, 1.807) is 18.2 Å². The van der Waals surface area contributed by atoms with Crippen LogP contribution in [0.5, 0.6) is 0 Å². The van der Waals surface area contributed by atoms with Crippen LogP contribution < -0.4 is 10.9 Å². The molecule has 1 saturated carbocycles. The fourth-order valence-electron chi connectivity index (χ4n) is 3.35. The van der Waals surface area contributed by atoms with Gasteiger partial charge in [0.25, 0.3) is 5.56 Å². The highest BCUT2D eigenvalue weighted by Crippen LogP contribution is 2.36. The molecule has 1 aliphatic rings. The van der Waals surface area contributed by atoms with Crippen molar-refractivity contribution in [2.75, 3.05) is 5.32 Å². The van der Waals surface area contributed by atoms with Gasteiger partial charge in [-0.2, -0.15) is 5.10 Å². The van der Waals surface area contributed by atoms with Gasteiger partial charge in [-0.25, -0.2) is 9.78 Å². The van der Waals surface area contributed by atoms with Crippen LogP contribution in [0.2, 0.25) is 0 Å². The lowest BCUT2D eigenvalue weighted by Crippen LogP contribution is -2.18. The molecule has 2 heterocycles. The summed E-state index contributed by atoms with van der Waals surface area (Å²) in [4.78, 5) is 24.5. The van der Waals surface area contributed by atoms with Crippen molar-refractivity contribution in [3.63, 3.8) is 0 Å². The number of carbonyl (C=O) groups excluding carboxylic acids is 1. The molecule has 9 heteroatoms. The maximum Gasteiger partial charge on any atom is 0.272 e. The summed E-state index contributed by atoms with van der Waals surface area (Å²) in [7, 11) is 0. The molecule has 0 bridgehead atoms. The molecule has 9 nitrogen and oxygen atoms in total. The van der Waals surface area contributed by atoms with Crippen LogP contribution in [0.25, 0.3) is 22.2 Å². The first-order chi connectivity index (χ1) is 14.2. The van der Waals surface area contributed by atoms with E-state index in [0.717, 1.165) is 18.4 Å². The number of aromatic amines is 1. The highest BCUT2D eigenvalue weighted by atomic mass is 16.1. The quantitative estimate of drug-likeness (QED) is 0.541. The average molecular weight is 387 g/mol. The molecule has 4 aromatic rings. The lowest BCUT2D eigenvalue weighted by molar-refractivity contribution is -0.115. The number of rotatable bonds is 5. The summed E-state index contributed by atoms with van der Waals surface area (Å²) in [5.74, 6) is 0.463. The molecule has 0 spiro atoms. The van der Waals surface area contributed by atoms with Crippen molar-refractivity contribution in [1.82, 2.24) is 30.4 Å². The van der Waals surface area contributed by atoms with E-state index in [0.29, 0.717) is 34.0 Å². The normalized spacial score (nSPS) is 13.5. The van der Waals surface area contributed by atoms with E-state index in [1.807, 2.05) is 35.0 Å². The van der Waals surface area contributed by atoms with E-state index >= 15 is 0 Å². The topological polar surface area (TPSA) is 118 Å². The molecule has 0 radical (unpaired) electrons. The van der Waals surface area contributed by atoms with Gasteiger partial charge in [-0.15, -0.1) is 5.10 Å². The third kappa shape index (κ3) is 3.38. The molecule has 2 N–H and O–H groups in total. The molecular formula is C20H17N7O2. The Morgan fingerprint density at radius 3 is 2.79 bits per heavy atom. The predicted molar refractivity (Wildman–Crippen MR) is 106 cm³/mol. The van der Waals surface area contributed by atoms with Gasteiger partial charge in [0.2, 0.25) is 5.91 Å². The smallest absolute Gasteiger partial charge is 0.272 e. The molecular weight excluding hydrogens is 370 g/mol. The fraction of sp³-hybridized carbons (Fsp3) is 0.200. The second kappa shape index (κ2) is 6.93. The standard InChI is InChI=1S/C20H17N7O2/c28-18(11-17-15-6-1-2-7-16(15)20(29)24-22-17)21-13-5-3-4-12(10-13)19-23-25-26-27(19)14-8-9-14/h1-7,10,14H,8-9,11H2,(H,21,28)(H,24,29). The van der Waals surface area contributed by atoms with Crippen molar-refractivity contribution in [2.24, 2.45) is 0 Å². The van der Waals surface area contributed by atoms with Crippen molar-refractivity contribution >= 4 is 22.4 Å². The Kier molecular flexibility index (Phi) is 4.12. The van der Waals surface area contributed by atoms with Crippen LogP contribution in [0.1, 0.15) is 24.6 Å². The molecule has 0 unspecified atom stereocenters. The number of hydrogen-bond donors (Lipinski definition) is 2. The largest absolute Gasteiger partial charge is 0.326 e. The number of H-pyrrole nitrogens is 1. The van der Waals surface area contributed by atoms with Gasteiger partial charge in [-0.05, 0) is 41.5 Å². The molecule has 0 saturated heterocycles. The SMILES string of the molecule is O=C(Cc1n[nH]c(=O)c2ccccc12)Nc1cccc(-c2nnnn2C2CC2)c1. The Morgan fingerprint density at radius 2 is 1.97 bits per heavy atom. The number of nitrogens with zero attached hydrogens (tertiary/aromatic N) is 5. The zero-order valence-electron chi connectivity index (χ0n) is 15.4. The van der Waals surface area contributed by atoms with Crippen LogP contribution in [0.4, 0.5) is 5.69 Å². The van der Waals surface area contributed by atoms with E-state index in [2.05, 4.69) is 31.0 Å². The number of hydrogen-bond acceptors (Lipinski definition) is 6. The second-order valence-corrected chi connectivity index (χ2v) is 7.03. The molecule has 2 aromatic carbocycles. The van der Waals surface area contributed by atoms with E-state index in [9.17, 15) is 9.59 Å². The molecule has 1 amide bonds. The van der Waals surface area contributed by atoms with Crippen molar-refractivity contribution in [3.05, 3.63) is 64.6 Å². The van der Waals surface area contributed by atoms with Gasteiger partial charge in [-0.1, -0.05) is 30.3 Å². The van der Waals surface area contributed by atoms with Crippen molar-refractivity contribution in [1.29, 1.82) is 0 Å². The van der Waals surface area contributed by atoms with Crippen LogP contribution >= 0.6 is 0 Å². The summed E-state index contributed by atoms with van der Waals surface area (Å²) in [6.45, 7) is 0. The van der Waals surface area contributed by atoms with Crippen LogP contribution in [-0.4, -0.2) is 36.3 Å². The van der Waals surface area contributed by atoms with E-state index in [1.165, 1.54) is 0 Å². The fourth-order valence-corrected chi connectivity index (χ4v) is 3.35. The average Bonchev–Trinajstić information content (AvgIpc) is 3.46. The van der Waals surface area contributed by atoms with Crippen LogP contribution in [0.15, 0.2) is 53.3 Å². The van der Waals surface area contributed by atoms with Crippen LogP contribution in [0, 0.1) is 0 Å². The van der Waals surface area contributed by atoms with Gasteiger partial charge in [0.15, 0.2) is 5.82 Å². The zero-order chi connectivity index (χ0) is 19.8. The molecule has 1 fully saturated rings. The molecule has 29 heavy (non-hydrogen) atoms. The Hall–Kier alpha value is -3.88. The molecule has 5 rings (SSSR count). The van der Waals surface area contributed by atoms with Crippen LogP contribution in [-0.2, 0) is 11.2 Å². The van der Waals surface area contributed by atoms with Gasteiger partial charge < -0.3 is 5.32 Å². The molecule has 0 atom stereocenters. The lowest BCUT2D eigenvalue weighted by Gasteiger charge is -2.08. The first-order valence-electron chi connectivity index (χ1n) is 9.33. The number of amides is 1. The molecule has 144 valence electrons. The van der Waals surface area contributed by atoms with Gasteiger partial charge in [0, 0.05) is 16.6 Å². The number of aromatic nitrogens is 6. The highest BCUT2D eigenvalue weighted by Gasteiger charge is 2.28. The number of fused-ring (bicyclic) bond motifs is 1. The van der Waals surface area contributed by atoms with Crippen molar-refractivity contribution < 1.29 is 4.79 Å². The van der Waals surface area contributed by atoms with Crippen molar-refractivity contribution in [2.45, 2.75) is 25.3 Å². The van der Waals surface area contributed by atoms with E-state index in [-0.39, 0.29) is 17.9 Å². The lowest BCUT2D eigenvalue weighted by atomic mass is 10.1. The number of carbonyl (C=O) groups is 1. The maximum absolute atomic E-state index is 12.6. The minimum absolute atomic E-state index is 0.0430. The summed E-state index contributed by atoms with van der Waals surface area (Å²) >= 11 is 0. The van der Waals surface area contributed by atoms with Crippen molar-refractivity contribution in [3.8, 4) is 11.4 Å². The Labute approximate surface area is 164 Å². The van der Waals surface area contributed by atoms with Crippen LogP contribution in [0.3, 0.4) is 0 Å². The van der Waals surface area contributed by atoms with Gasteiger partial charge in [0.05, 0.1) is 23.5 Å². The van der Waals surface area contributed by atoms with E-state index < -0.39 is 0 Å². The third-order valence-corrected chi connectivity index (χ3v) is 4.89. The minimum Gasteiger partial charge on any atom is -0.326 e. The summed E-state index contributed by atoms with van der Waals surface area (Å²) in [5.41, 5.74) is 1.73. The predicted octanol–water partition coefficient (Wildman–Crippen LogP) is 2.09. The van der Waals surface area contributed by atoms with E-state index in [4.69, 9.17) is 0 Å². The first kappa shape index (κ1) is 17.2. The Balaban J connectivity index is 1.37. The summed E-state index contributed by atoms with van der Waals surface area (Å²) in [6, 6.07) is 14.9. The van der Waals surface area contributed by atoms with Gasteiger partial charge in [-0.3, -0.25) is 9.59 Å². The minimum atomic E-state index is -0.272. The Morgan fingerprint density at radius 1 is 1.14 bits per heavy atom. The van der Waals surface area contributed by atoms with Gasteiger partial charge in [0.1, 0.15) is 0 Å². The number of benzene rings is 2. The molecule has 2 aromatic heterocycles. The number of tetrazole rings is 1. The Bertz CT molecular complexity index is 1270. The molecule has 1 aliphatic carbocycles.